The first-order valence-corrected chi connectivity index (χ1v) is 7.91. The average molecular weight is 339 g/mol. The van der Waals surface area contributed by atoms with Gasteiger partial charge in [-0.1, -0.05) is 23.2 Å². The first-order valence-electron chi connectivity index (χ1n) is 5.71. The predicted molar refractivity (Wildman–Crippen MR) is 81.9 cm³/mol. The van der Waals surface area contributed by atoms with Crippen LogP contribution in [0.15, 0.2) is 18.2 Å². The zero-order valence-corrected chi connectivity index (χ0v) is 13.9. The molecule has 0 spiro atoms. The highest BCUT2D eigenvalue weighted by molar-refractivity contribution is 7.91. The third-order valence-electron chi connectivity index (χ3n) is 2.59. The van der Waals surface area contributed by atoms with Crippen LogP contribution in [0.25, 0.3) is 0 Å². The lowest BCUT2D eigenvalue weighted by molar-refractivity contribution is 0.240. The van der Waals surface area contributed by atoms with Crippen molar-refractivity contribution in [2.75, 3.05) is 12.4 Å². The fourth-order valence-corrected chi connectivity index (χ4v) is 2.68. The van der Waals surface area contributed by atoms with Crippen molar-refractivity contribution < 1.29 is 13.2 Å². The second-order valence-corrected chi connectivity index (χ2v) is 8.68. The van der Waals surface area contributed by atoms with E-state index < -0.39 is 20.8 Å². The number of urea groups is 1. The Balaban J connectivity index is 2.94. The zero-order valence-electron chi connectivity index (χ0n) is 11.6. The zero-order chi connectivity index (χ0) is 15.7. The molecular weight excluding hydrogens is 323 g/mol. The minimum Gasteiger partial charge on any atom is -0.307 e. The summed E-state index contributed by atoms with van der Waals surface area (Å²) in [4.78, 5) is 12.0. The summed E-state index contributed by atoms with van der Waals surface area (Å²) in [7, 11) is -2.55. The molecule has 0 fully saturated rings. The second-order valence-electron chi connectivity index (χ2n) is 5.14. The van der Waals surface area contributed by atoms with Crippen molar-refractivity contribution in [3.8, 4) is 0 Å². The van der Waals surface area contributed by atoms with Crippen LogP contribution in [0.5, 0.6) is 0 Å². The lowest BCUT2D eigenvalue weighted by atomic mass is 10.3. The van der Waals surface area contributed by atoms with Crippen molar-refractivity contribution in [3.63, 3.8) is 0 Å². The number of hydrogen-bond acceptors (Lipinski definition) is 3. The minimum absolute atomic E-state index is 0.269. The lowest BCUT2D eigenvalue weighted by Gasteiger charge is -2.26. The number of anilines is 1. The van der Waals surface area contributed by atoms with E-state index in [1.807, 2.05) is 0 Å². The molecule has 0 bridgehead atoms. The minimum atomic E-state index is -3.75. The van der Waals surface area contributed by atoms with E-state index in [0.29, 0.717) is 15.0 Å². The van der Waals surface area contributed by atoms with Gasteiger partial charge < -0.3 is 5.32 Å². The standard InChI is InChI=1S/C12H16Cl2N2O3S/c1-12(2,3)20(18,19)16(4)11(17)15-8-5-6-9(13)10(14)7-8/h5-7H,1-4H3,(H,15,17). The fraction of sp³-hybridized carbons (Fsp3) is 0.417. The molecule has 112 valence electrons. The van der Waals surface area contributed by atoms with Crippen molar-refractivity contribution in [2.45, 2.75) is 25.5 Å². The number of sulfonamides is 1. The van der Waals surface area contributed by atoms with Gasteiger partial charge in [0.2, 0.25) is 10.0 Å². The first kappa shape index (κ1) is 17.1. The van der Waals surface area contributed by atoms with E-state index in [0.717, 1.165) is 0 Å². The Hall–Kier alpha value is -0.980. The van der Waals surface area contributed by atoms with E-state index in [4.69, 9.17) is 23.2 Å². The molecular formula is C12H16Cl2N2O3S. The molecule has 1 N–H and O–H groups in total. The summed E-state index contributed by atoms with van der Waals surface area (Å²) in [6.45, 7) is 4.56. The van der Waals surface area contributed by atoms with Gasteiger partial charge in [-0.25, -0.2) is 17.5 Å². The Morgan fingerprint density at radius 2 is 1.75 bits per heavy atom. The van der Waals surface area contributed by atoms with E-state index in [9.17, 15) is 13.2 Å². The smallest absolute Gasteiger partial charge is 0.307 e. The highest BCUT2D eigenvalue weighted by Crippen LogP contribution is 2.26. The van der Waals surface area contributed by atoms with Crippen LogP contribution in [0.1, 0.15) is 20.8 Å². The van der Waals surface area contributed by atoms with Crippen LogP contribution in [0.2, 0.25) is 10.0 Å². The van der Waals surface area contributed by atoms with Crippen molar-refractivity contribution in [1.29, 1.82) is 0 Å². The number of rotatable bonds is 2. The third-order valence-corrected chi connectivity index (χ3v) is 5.76. The summed E-state index contributed by atoms with van der Waals surface area (Å²) in [5.41, 5.74) is 0.361. The Labute approximate surface area is 128 Å². The van der Waals surface area contributed by atoms with Gasteiger partial charge in [0, 0.05) is 12.7 Å². The van der Waals surface area contributed by atoms with Crippen LogP contribution in [0, 0.1) is 0 Å². The normalized spacial score (nSPS) is 12.1. The molecule has 20 heavy (non-hydrogen) atoms. The maximum absolute atomic E-state index is 12.1. The van der Waals surface area contributed by atoms with Gasteiger partial charge in [-0.3, -0.25) is 0 Å². The summed E-state index contributed by atoms with van der Waals surface area (Å²) >= 11 is 11.6. The second kappa shape index (κ2) is 5.79. The SMILES string of the molecule is CN(C(=O)Nc1ccc(Cl)c(Cl)c1)S(=O)(=O)C(C)(C)C. The maximum atomic E-state index is 12.1. The van der Waals surface area contributed by atoms with Crippen LogP contribution in [-0.4, -0.2) is 30.5 Å². The van der Waals surface area contributed by atoms with Gasteiger partial charge in [-0.15, -0.1) is 0 Å². The van der Waals surface area contributed by atoms with Crippen LogP contribution >= 0.6 is 23.2 Å². The number of carbonyl (C=O) groups is 1. The molecule has 2 amide bonds. The average Bonchev–Trinajstić information content (AvgIpc) is 2.31. The topological polar surface area (TPSA) is 66.5 Å². The number of hydrogen-bond donors (Lipinski definition) is 1. The fourth-order valence-electron chi connectivity index (χ4n) is 1.30. The van der Waals surface area contributed by atoms with E-state index >= 15 is 0 Å². The van der Waals surface area contributed by atoms with E-state index in [2.05, 4.69) is 5.32 Å². The molecule has 0 aliphatic carbocycles. The molecule has 0 radical (unpaired) electrons. The van der Waals surface area contributed by atoms with Crippen LogP contribution in [-0.2, 0) is 10.0 Å². The molecule has 1 aromatic carbocycles. The first-order chi connectivity index (χ1) is 8.96. The number of benzene rings is 1. The Morgan fingerprint density at radius 1 is 1.20 bits per heavy atom. The molecule has 1 aromatic rings. The number of halogens is 2. The van der Waals surface area contributed by atoms with Gasteiger partial charge in [-0.05, 0) is 39.0 Å². The largest absolute Gasteiger partial charge is 0.335 e. The van der Waals surface area contributed by atoms with Crippen molar-refractivity contribution in [2.24, 2.45) is 0 Å². The number of nitrogens with one attached hydrogen (secondary N) is 1. The molecule has 0 aliphatic heterocycles. The van der Waals surface area contributed by atoms with Gasteiger partial charge in [0.05, 0.1) is 14.8 Å². The predicted octanol–water partition coefficient (Wildman–Crippen LogP) is 3.59. The van der Waals surface area contributed by atoms with Crippen molar-refractivity contribution in [3.05, 3.63) is 28.2 Å². The lowest BCUT2D eigenvalue weighted by Crippen LogP contribution is -2.45. The summed E-state index contributed by atoms with van der Waals surface area (Å²) in [6.07, 6.45) is 0. The van der Waals surface area contributed by atoms with E-state index in [1.54, 1.807) is 0 Å². The quantitative estimate of drug-likeness (QED) is 0.895. The Morgan fingerprint density at radius 3 is 2.20 bits per heavy atom. The highest BCUT2D eigenvalue weighted by atomic mass is 35.5. The molecule has 0 atom stereocenters. The van der Waals surface area contributed by atoms with Gasteiger partial charge in [0.25, 0.3) is 0 Å². The van der Waals surface area contributed by atoms with Crippen LogP contribution in [0.3, 0.4) is 0 Å². The number of amides is 2. The number of nitrogens with zero attached hydrogens (tertiary/aromatic N) is 1. The summed E-state index contributed by atoms with van der Waals surface area (Å²) in [6, 6.07) is 3.72. The van der Waals surface area contributed by atoms with Crippen molar-refractivity contribution in [1.82, 2.24) is 4.31 Å². The summed E-state index contributed by atoms with van der Waals surface area (Å²) < 4.78 is 23.8. The van der Waals surface area contributed by atoms with Gasteiger partial charge in [-0.2, -0.15) is 0 Å². The molecule has 0 heterocycles. The van der Waals surface area contributed by atoms with Gasteiger partial charge >= 0.3 is 6.03 Å². The Kier molecular flexibility index (Phi) is 4.94. The maximum Gasteiger partial charge on any atom is 0.335 e. The summed E-state index contributed by atoms with van der Waals surface area (Å²) in [5, 5.41) is 3.07. The molecule has 0 unspecified atom stereocenters. The molecule has 0 aromatic heterocycles. The van der Waals surface area contributed by atoms with Gasteiger partial charge in [0.15, 0.2) is 0 Å². The molecule has 0 saturated heterocycles. The summed E-state index contributed by atoms with van der Waals surface area (Å²) in [5.74, 6) is 0. The van der Waals surface area contributed by atoms with Crippen LogP contribution < -0.4 is 5.32 Å². The third kappa shape index (κ3) is 3.56. The van der Waals surface area contributed by atoms with Crippen molar-refractivity contribution >= 4 is 44.9 Å². The van der Waals surface area contributed by atoms with E-state index in [-0.39, 0.29) is 5.02 Å². The van der Waals surface area contributed by atoms with E-state index in [1.165, 1.54) is 46.0 Å². The highest BCUT2D eigenvalue weighted by Gasteiger charge is 2.35. The molecule has 1 rings (SSSR count). The molecule has 8 heteroatoms. The molecule has 0 saturated carbocycles. The van der Waals surface area contributed by atoms with Crippen LogP contribution in [0.4, 0.5) is 10.5 Å². The van der Waals surface area contributed by atoms with Gasteiger partial charge in [0.1, 0.15) is 0 Å². The Bertz CT molecular complexity index is 624. The number of carbonyl (C=O) groups excluding carboxylic acids is 1. The monoisotopic (exact) mass is 338 g/mol. The molecule has 0 aliphatic rings. The molecule has 5 nitrogen and oxygen atoms in total.